The maximum atomic E-state index is 12.6. The van der Waals surface area contributed by atoms with Crippen LogP contribution in [0.1, 0.15) is 24.0 Å². The third-order valence-electron chi connectivity index (χ3n) is 5.69. The maximum Gasteiger partial charge on any atom is 0.223 e. The Hall–Kier alpha value is -2.53. The van der Waals surface area contributed by atoms with Crippen molar-refractivity contribution >= 4 is 5.91 Å². The van der Waals surface area contributed by atoms with Crippen LogP contribution in [0.3, 0.4) is 0 Å². The lowest BCUT2D eigenvalue weighted by atomic mass is 9.95. The Labute approximate surface area is 166 Å². The molecule has 1 saturated heterocycles. The van der Waals surface area contributed by atoms with Crippen molar-refractivity contribution in [3.63, 3.8) is 0 Å². The fourth-order valence-corrected chi connectivity index (χ4v) is 3.90. The smallest absolute Gasteiger partial charge is 0.223 e. The summed E-state index contributed by atoms with van der Waals surface area (Å²) in [6.07, 6.45) is 1.67. The van der Waals surface area contributed by atoms with Gasteiger partial charge in [-0.3, -0.25) is 9.69 Å². The van der Waals surface area contributed by atoms with Crippen molar-refractivity contribution in [2.24, 2.45) is 5.92 Å². The van der Waals surface area contributed by atoms with E-state index in [0.717, 1.165) is 44.0 Å². The topological polar surface area (TPSA) is 50.8 Å². The first-order chi connectivity index (χ1) is 13.7. The van der Waals surface area contributed by atoms with Crippen LogP contribution >= 0.6 is 0 Å². The molecule has 0 bridgehead atoms. The van der Waals surface area contributed by atoms with Crippen LogP contribution in [0, 0.1) is 12.8 Å². The van der Waals surface area contributed by atoms with Crippen LogP contribution in [0.4, 0.5) is 0 Å². The highest BCUT2D eigenvalue weighted by molar-refractivity contribution is 5.78. The second kappa shape index (κ2) is 8.65. The third kappa shape index (κ3) is 4.47. The summed E-state index contributed by atoms with van der Waals surface area (Å²) in [7, 11) is 0. The number of nitrogens with one attached hydrogen (secondary N) is 1. The predicted molar refractivity (Wildman–Crippen MR) is 109 cm³/mol. The van der Waals surface area contributed by atoms with Crippen molar-refractivity contribution in [2.45, 2.75) is 32.4 Å². The van der Waals surface area contributed by atoms with E-state index in [1.54, 1.807) is 0 Å². The largest absolute Gasteiger partial charge is 0.486 e. The first kappa shape index (κ1) is 18.8. The molecule has 1 fully saturated rings. The van der Waals surface area contributed by atoms with Gasteiger partial charge in [0.05, 0.1) is 6.54 Å². The van der Waals surface area contributed by atoms with Gasteiger partial charge >= 0.3 is 0 Å². The average Bonchev–Trinajstić information content (AvgIpc) is 2.74. The Bertz CT molecular complexity index is 815. The molecule has 28 heavy (non-hydrogen) atoms. The number of likely N-dealkylation sites (tertiary alicyclic amines) is 1. The maximum absolute atomic E-state index is 12.6. The normalized spacial score (nSPS) is 20.0. The van der Waals surface area contributed by atoms with Crippen molar-refractivity contribution in [3.05, 3.63) is 59.7 Å². The lowest BCUT2D eigenvalue weighted by Gasteiger charge is -2.32. The van der Waals surface area contributed by atoms with E-state index in [1.807, 2.05) is 24.3 Å². The van der Waals surface area contributed by atoms with E-state index in [-0.39, 0.29) is 17.9 Å². The molecule has 0 radical (unpaired) electrons. The molecule has 2 aromatic rings. The number of ether oxygens (including phenoxy) is 2. The molecule has 0 spiro atoms. The number of piperidine rings is 1. The van der Waals surface area contributed by atoms with Gasteiger partial charge in [0, 0.05) is 12.5 Å². The monoisotopic (exact) mass is 380 g/mol. The molecule has 1 N–H and O–H groups in total. The van der Waals surface area contributed by atoms with Gasteiger partial charge in [-0.2, -0.15) is 0 Å². The molecule has 2 aliphatic rings. The minimum atomic E-state index is -0.139. The molecule has 5 nitrogen and oxygen atoms in total. The van der Waals surface area contributed by atoms with E-state index in [1.165, 1.54) is 11.1 Å². The Morgan fingerprint density at radius 1 is 1.07 bits per heavy atom. The number of carbonyl (C=O) groups is 1. The van der Waals surface area contributed by atoms with Crippen LogP contribution in [0.2, 0.25) is 0 Å². The molecule has 2 aliphatic heterocycles. The number of hydrogen-bond donors (Lipinski definition) is 1. The van der Waals surface area contributed by atoms with Crippen molar-refractivity contribution in [1.29, 1.82) is 0 Å². The zero-order valence-electron chi connectivity index (χ0n) is 16.4. The average molecular weight is 380 g/mol. The summed E-state index contributed by atoms with van der Waals surface area (Å²) in [6, 6.07) is 16.2. The summed E-state index contributed by atoms with van der Waals surface area (Å²) in [5, 5.41) is 3.06. The van der Waals surface area contributed by atoms with Gasteiger partial charge in [0.2, 0.25) is 5.91 Å². The summed E-state index contributed by atoms with van der Waals surface area (Å²) in [6.45, 7) is 5.99. The van der Waals surface area contributed by atoms with E-state index in [4.69, 9.17) is 9.47 Å². The first-order valence-electron chi connectivity index (χ1n) is 10.1. The summed E-state index contributed by atoms with van der Waals surface area (Å²) in [5.74, 6) is 1.74. The van der Waals surface area contributed by atoms with Gasteiger partial charge < -0.3 is 14.8 Å². The van der Waals surface area contributed by atoms with E-state index in [2.05, 4.69) is 41.4 Å². The van der Waals surface area contributed by atoms with Crippen LogP contribution in [-0.2, 0) is 11.3 Å². The third-order valence-corrected chi connectivity index (χ3v) is 5.69. The highest BCUT2D eigenvalue weighted by atomic mass is 16.6. The van der Waals surface area contributed by atoms with Gasteiger partial charge in [0.25, 0.3) is 0 Å². The van der Waals surface area contributed by atoms with E-state index < -0.39 is 0 Å². The molecule has 5 heteroatoms. The highest BCUT2D eigenvalue weighted by Crippen LogP contribution is 2.30. The van der Waals surface area contributed by atoms with Crippen molar-refractivity contribution in [2.75, 3.05) is 26.2 Å². The van der Waals surface area contributed by atoms with Gasteiger partial charge in [-0.1, -0.05) is 36.4 Å². The number of aryl methyl sites for hydroxylation is 1. The highest BCUT2D eigenvalue weighted by Gasteiger charge is 2.27. The molecule has 0 aliphatic carbocycles. The lowest BCUT2D eigenvalue weighted by Crippen LogP contribution is -2.45. The van der Waals surface area contributed by atoms with E-state index in [9.17, 15) is 4.79 Å². The van der Waals surface area contributed by atoms with Gasteiger partial charge in [-0.15, -0.1) is 0 Å². The predicted octanol–water partition coefficient (Wildman–Crippen LogP) is 3.16. The molecule has 1 atom stereocenters. The van der Waals surface area contributed by atoms with Gasteiger partial charge in [-0.25, -0.2) is 0 Å². The number of nitrogens with zero attached hydrogens (tertiary/aromatic N) is 1. The van der Waals surface area contributed by atoms with E-state index in [0.29, 0.717) is 13.2 Å². The number of fused-ring (bicyclic) bond motifs is 1. The van der Waals surface area contributed by atoms with Crippen molar-refractivity contribution in [1.82, 2.24) is 10.2 Å². The molecule has 0 saturated carbocycles. The van der Waals surface area contributed by atoms with Crippen LogP contribution in [-0.4, -0.2) is 43.2 Å². The van der Waals surface area contributed by atoms with Crippen molar-refractivity contribution in [3.8, 4) is 11.5 Å². The number of hydrogen-bond acceptors (Lipinski definition) is 4. The molecule has 2 heterocycles. The van der Waals surface area contributed by atoms with Crippen LogP contribution in [0.5, 0.6) is 11.5 Å². The summed E-state index contributed by atoms with van der Waals surface area (Å²) >= 11 is 0. The Kier molecular flexibility index (Phi) is 5.81. The van der Waals surface area contributed by atoms with Gasteiger partial charge in [0.15, 0.2) is 11.5 Å². The molecule has 2 aromatic carbocycles. The van der Waals surface area contributed by atoms with Gasteiger partial charge in [-0.05, 0) is 56.1 Å². The molecular weight excluding hydrogens is 352 g/mol. The zero-order chi connectivity index (χ0) is 19.3. The van der Waals surface area contributed by atoms with Crippen LogP contribution in [0.25, 0.3) is 0 Å². The van der Waals surface area contributed by atoms with Gasteiger partial charge in [0.1, 0.15) is 12.7 Å². The molecule has 148 valence electrons. The number of amides is 1. The SMILES string of the molecule is Cc1ccccc1CN1CCC(C(=O)NCC2COc3ccccc3O2)CC1. The zero-order valence-corrected chi connectivity index (χ0v) is 16.4. The fourth-order valence-electron chi connectivity index (χ4n) is 3.90. The first-order valence-corrected chi connectivity index (χ1v) is 10.1. The fraction of sp³-hybridized carbons (Fsp3) is 0.435. The molecular formula is C23H28N2O3. The minimum absolute atomic E-state index is 0.0879. The summed E-state index contributed by atoms with van der Waals surface area (Å²) < 4.78 is 11.6. The summed E-state index contributed by atoms with van der Waals surface area (Å²) in [5.41, 5.74) is 2.71. The Morgan fingerprint density at radius 2 is 1.79 bits per heavy atom. The number of para-hydroxylation sites is 2. The van der Waals surface area contributed by atoms with E-state index >= 15 is 0 Å². The van der Waals surface area contributed by atoms with Crippen LogP contribution in [0.15, 0.2) is 48.5 Å². The molecule has 1 amide bonds. The molecule has 1 unspecified atom stereocenters. The Morgan fingerprint density at radius 3 is 2.57 bits per heavy atom. The Balaban J connectivity index is 1.21. The second-order valence-electron chi connectivity index (χ2n) is 7.72. The molecule has 0 aromatic heterocycles. The van der Waals surface area contributed by atoms with Crippen LogP contribution < -0.4 is 14.8 Å². The minimum Gasteiger partial charge on any atom is -0.486 e. The number of rotatable bonds is 5. The second-order valence-corrected chi connectivity index (χ2v) is 7.72. The van der Waals surface area contributed by atoms with Crippen molar-refractivity contribution < 1.29 is 14.3 Å². The molecule has 4 rings (SSSR count). The number of benzene rings is 2. The quantitative estimate of drug-likeness (QED) is 0.866. The lowest BCUT2D eigenvalue weighted by molar-refractivity contribution is -0.127. The standard InChI is InChI=1S/C23H28N2O3/c1-17-6-2-3-7-19(17)15-25-12-10-18(11-13-25)23(26)24-14-20-16-27-21-8-4-5-9-22(21)28-20/h2-9,18,20H,10-16H2,1H3,(H,24,26). The number of carbonyl (C=O) groups excluding carboxylic acids is 1. The summed E-state index contributed by atoms with van der Waals surface area (Å²) in [4.78, 5) is 15.0.